The van der Waals surface area contributed by atoms with Crippen molar-refractivity contribution in [2.24, 2.45) is 5.92 Å². The van der Waals surface area contributed by atoms with Gasteiger partial charge in [-0.2, -0.15) is 0 Å². The van der Waals surface area contributed by atoms with Gasteiger partial charge in [0.2, 0.25) is 0 Å². The Kier molecular flexibility index (Phi) is 3.22. The summed E-state index contributed by atoms with van der Waals surface area (Å²) in [4.78, 5) is 13.1. The lowest BCUT2D eigenvalue weighted by Crippen LogP contribution is -2.25. The van der Waals surface area contributed by atoms with E-state index < -0.39 is 0 Å². The van der Waals surface area contributed by atoms with Crippen LogP contribution in [0.1, 0.15) is 30.5 Å². The summed E-state index contributed by atoms with van der Waals surface area (Å²) in [7, 11) is 0. The number of pyridine rings is 1. The summed E-state index contributed by atoms with van der Waals surface area (Å²) in [5, 5.41) is 3.60. The highest BCUT2D eigenvalue weighted by atomic mass is 15.0. The maximum Gasteiger partial charge on any atom is 0.180 e. The first kappa shape index (κ1) is 13.2. The van der Waals surface area contributed by atoms with E-state index in [1.54, 1.807) is 12.4 Å². The maximum absolute atomic E-state index is 4.59. The smallest absolute Gasteiger partial charge is 0.180 e. The molecule has 1 N–H and O–H groups in total. The van der Waals surface area contributed by atoms with Crippen molar-refractivity contribution >= 4 is 17.0 Å². The minimum atomic E-state index is 0.298. The van der Waals surface area contributed by atoms with Crippen molar-refractivity contribution < 1.29 is 0 Å². The van der Waals surface area contributed by atoms with Gasteiger partial charge in [0.05, 0.1) is 6.04 Å². The zero-order valence-corrected chi connectivity index (χ0v) is 12.5. The van der Waals surface area contributed by atoms with Gasteiger partial charge in [-0.15, -0.1) is 0 Å². The summed E-state index contributed by atoms with van der Waals surface area (Å²) in [5.74, 6) is 1.44. The van der Waals surface area contributed by atoms with E-state index in [1.807, 2.05) is 12.1 Å². The molecule has 0 spiro atoms. The first-order chi connectivity index (χ1) is 10.8. The second kappa shape index (κ2) is 5.37. The van der Waals surface area contributed by atoms with Crippen LogP contribution in [0, 0.1) is 5.92 Å². The summed E-state index contributed by atoms with van der Waals surface area (Å²) < 4.78 is 0. The molecular weight excluding hydrogens is 272 g/mol. The van der Waals surface area contributed by atoms with Crippen LogP contribution in [0.25, 0.3) is 11.2 Å². The quantitative estimate of drug-likeness (QED) is 0.780. The van der Waals surface area contributed by atoms with Crippen LogP contribution in [0.15, 0.2) is 48.8 Å². The third-order valence-electron chi connectivity index (χ3n) is 4.46. The molecular formula is C18H18N4. The van der Waals surface area contributed by atoms with Gasteiger partial charge in [-0.25, -0.2) is 9.97 Å². The molecule has 0 saturated carbocycles. The van der Waals surface area contributed by atoms with Crippen LogP contribution in [0.2, 0.25) is 0 Å². The maximum atomic E-state index is 4.59. The molecule has 1 aliphatic rings. The van der Waals surface area contributed by atoms with Crippen LogP contribution in [-0.2, 0) is 6.42 Å². The molecule has 3 aromatic rings. The van der Waals surface area contributed by atoms with Crippen LogP contribution in [0.3, 0.4) is 0 Å². The van der Waals surface area contributed by atoms with Crippen molar-refractivity contribution in [3.63, 3.8) is 0 Å². The molecule has 2 atom stereocenters. The van der Waals surface area contributed by atoms with Crippen LogP contribution >= 0.6 is 0 Å². The summed E-state index contributed by atoms with van der Waals surface area (Å²) in [6, 6.07) is 12.9. The van der Waals surface area contributed by atoms with Crippen LogP contribution in [0.5, 0.6) is 0 Å². The number of hydrogen-bond acceptors (Lipinski definition) is 4. The number of fused-ring (bicyclic) bond motifs is 2. The summed E-state index contributed by atoms with van der Waals surface area (Å²) in [5.41, 5.74) is 4.34. The average Bonchev–Trinajstić information content (AvgIpc) is 2.57. The highest BCUT2D eigenvalue weighted by molar-refractivity contribution is 5.71. The Hall–Kier alpha value is -2.49. The lowest BCUT2D eigenvalue weighted by Gasteiger charge is -2.32. The molecule has 0 aliphatic heterocycles. The van der Waals surface area contributed by atoms with Crippen molar-refractivity contribution in [3.05, 3.63) is 59.9 Å². The number of anilines is 1. The van der Waals surface area contributed by atoms with Gasteiger partial charge in [-0.05, 0) is 42.0 Å². The third-order valence-corrected chi connectivity index (χ3v) is 4.46. The highest BCUT2D eigenvalue weighted by Gasteiger charge is 2.26. The van der Waals surface area contributed by atoms with Gasteiger partial charge in [0.15, 0.2) is 5.65 Å². The minimum absolute atomic E-state index is 0.298. The predicted molar refractivity (Wildman–Crippen MR) is 87.6 cm³/mol. The molecule has 4 rings (SSSR count). The number of rotatable bonds is 2. The average molecular weight is 290 g/mol. The molecule has 2 heterocycles. The van der Waals surface area contributed by atoms with Crippen molar-refractivity contribution in [2.75, 3.05) is 5.32 Å². The topological polar surface area (TPSA) is 50.7 Å². The molecule has 4 heteroatoms. The lowest BCUT2D eigenvalue weighted by molar-refractivity contribution is 0.433. The summed E-state index contributed by atoms with van der Waals surface area (Å²) in [6.45, 7) is 2.30. The van der Waals surface area contributed by atoms with Crippen molar-refractivity contribution in [1.82, 2.24) is 15.0 Å². The molecule has 0 saturated heterocycles. The van der Waals surface area contributed by atoms with Crippen molar-refractivity contribution in [2.45, 2.75) is 25.8 Å². The zero-order chi connectivity index (χ0) is 14.9. The van der Waals surface area contributed by atoms with Crippen LogP contribution in [-0.4, -0.2) is 15.0 Å². The monoisotopic (exact) mass is 290 g/mol. The molecule has 1 aromatic carbocycles. The molecule has 2 unspecified atom stereocenters. The lowest BCUT2D eigenvalue weighted by atomic mass is 9.81. The zero-order valence-electron chi connectivity index (χ0n) is 12.5. The molecule has 0 radical (unpaired) electrons. The van der Waals surface area contributed by atoms with E-state index in [0.717, 1.165) is 17.8 Å². The van der Waals surface area contributed by atoms with E-state index in [9.17, 15) is 0 Å². The number of nitrogens with one attached hydrogen (secondary N) is 1. The number of aryl methyl sites for hydroxylation is 1. The van der Waals surface area contributed by atoms with Gasteiger partial charge >= 0.3 is 0 Å². The number of nitrogens with zero attached hydrogens (tertiary/aromatic N) is 3. The molecule has 0 bridgehead atoms. The fourth-order valence-corrected chi connectivity index (χ4v) is 3.24. The second-order valence-electron chi connectivity index (χ2n) is 5.93. The summed E-state index contributed by atoms with van der Waals surface area (Å²) in [6.07, 6.45) is 5.72. The number of hydrogen-bond donors (Lipinski definition) is 1. The Bertz CT molecular complexity index is 815. The van der Waals surface area contributed by atoms with E-state index in [0.29, 0.717) is 17.6 Å². The molecule has 0 amide bonds. The highest BCUT2D eigenvalue weighted by Crippen LogP contribution is 2.36. The van der Waals surface area contributed by atoms with Gasteiger partial charge in [0.1, 0.15) is 11.3 Å². The van der Waals surface area contributed by atoms with Crippen LogP contribution in [0.4, 0.5) is 5.82 Å². The fraction of sp³-hybridized carbons (Fsp3) is 0.278. The molecule has 22 heavy (non-hydrogen) atoms. The SMILES string of the molecule is CC1CCc2ccccc2C1Nc1ccc2nccnc2n1. The molecule has 0 fully saturated rings. The van der Waals surface area contributed by atoms with Crippen molar-refractivity contribution in [1.29, 1.82) is 0 Å². The Morgan fingerprint density at radius 1 is 1.05 bits per heavy atom. The largest absolute Gasteiger partial charge is 0.363 e. The van der Waals surface area contributed by atoms with Gasteiger partial charge in [-0.3, -0.25) is 4.98 Å². The Morgan fingerprint density at radius 3 is 2.86 bits per heavy atom. The number of aromatic nitrogens is 3. The minimum Gasteiger partial charge on any atom is -0.363 e. The Balaban J connectivity index is 1.69. The van der Waals surface area contributed by atoms with E-state index in [1.165, 1.54) is 17.5 Å². The van der Waals surface area contributed by atoms with E-state index in [-0.39, 0.29) is 0 Å². The molecule has 110 valence electrons. The number of benzene rings is 1. The molecule has 1 aliphatic carbocycles. The predicted octanol–water partition coefficient (Wildman–Crippen LogP) is 3.76. The van der Waals surface area contributed by atoms with Gasteiger partial charge in [0.25, 0.3) is 0 Å². The molecule has 2 aromatic heterocycles. The second-order valence-corrected chi connectivity index (χ2v) is 5.93. The third kappa shape index (κ3) is 2.30. The first-order valence-corrected chi connectivity index (χ1v) is 7.73. The van der Waals surface area contributed by atoms with Gasteiger partial charge in [0, 0.05) is 12.4 Å². The summed E-state index contributed by atoms with van der Waals surface area (Å²) >= 11 is 0. The Labute approximate surface area is 129 Å². The van der Waals surface area contributed by atoms with E-state index in [2.05, 4.69) is 51.5 Å². The normalized spacial score (nSPS) is 20.6. The van der Waals surface area contributed by atoms with Gasteiger partial charge in [-0.1, -0.05) is 31.2 Å². The molecule has 4 nitrogen and oxygen atoms in total. The van der Waals surface area contributed by atoms with E-state index in [4.69, 9.17) is 0 Å². The fourth-order valence-electron chi connectivity index (χ4n) is 3.24. The Morgan fingerprint density at radius 2 is 1.91 bits per heavy atom. The standard InChI is InChI=1S/C18H18N4/c1-12-6-7-13-4-2-3-5-14(13)17(12)21-16-9-8-15-18(22-16)20-11-10-19-15/h2-5,8-12,17H,6-7H2,1H3,(H,20,21,22). The van der Waals surface area contributed by atoms with Crippen molar-refractivity contribution in [3.8, 4) is 0 Å². The van der Waals surface area contributed by atoms with E-state index >= 15 is 0 Å². The van der Waals surface area contributed by atoms with Gasteiger partial charge < -0.3 is 5.32 Å². The first-order valence-electron chi connectivity index (χ1n) is 7.73. The van der Waals surface area contributed by atoms with Crippen LogP contribution < -0.4 is 5.32 Å².